The maximum Gasteiger partial charge on any atom is 0.323 e. The zero-order chi connectivity index (χ0) is 28.2. The lowest BCUT2D eigenvalue weighted by Gasteiger charge is -2.23. The van der Waals surface area contributed by atoms with Gasteiger partial charge in [0.25, 0.3) is 5.56 Å². The summed E-state index contributed by atoms with van der Waals surface area (Å²) in [4.78, 5) is 40.3. The largest absolute Gasteiger partial charge is 0.461 e. The number of carbonyl (C=O) groups is 1. The van der Waals surface area contributed by atoms with Crippen molar-refractivity contribution in [2.45, 2.75) is 77.1 Å². The molecule has 1 atom stereocenters. The maximum absolute atomic E-state index is 13.1. The van der Waals surface area contributed by atoms with Crippen LogP contribution in [0.1, 0.15) is 55.3 Å². The highest BCUT2D eigenvalue weighted by Gasteiger charge is 2.26. The molecule has 2 aliphatic rings. The van der Waals surface area contributed by atoms with Crippen molar-refractivity contribution >= 4 is 17.0 Å². The van der Waals surface area contributed by atoms with Gasteiger partial charge in [-0.25, -0.2) is 9.97 Å². The zero-order valence-corrected chi connectivity index (χ0v) is 23.5. The van der Waals surface area contributed by atoms with Crippen molar-refractivity contribution in [2.24, 2.45) is 5.92 Å². The molecule has 6 rings (SSSR count). The number of carbonyl (C=O) groups excluding carboxylic acids is 1. The van der Waals surface area contributed by atoms with Crippen molar-refractivity contribution in [1.82, 2.24) is 29.8 Å². The van der Waals surface area contributed by atoms with Gasteiger partial charge in [-0.05, 0) is 75.1 Å². The van der Waals surface area contributed by atoms with E-state index in [1.54, 1.807) is 18.7 Å². The first-order chi connectivity index (χ1) is 20.0. The molecule has 1 aromatic carbocycles. The van der Waals surface area contributed by atoms with Crippen LogP contribution in [0.25, 0.3) is 22.4 Å². The molecule has 0 amide bonds. The van der Waals surface area contributed by atoms with Gasteiger partial charge in [-0.3, -0.25) is 14.9 Å². The SMILES string of the molecule is Cc1cc(-c2nc3cc(CN[C@@H](Cc4cnc[nH]4)C(=O)OC4CCCC4)ccc3n2CC2CCOCC2)c[nH]c1=O. The minimum Gasteiger partial charge on any atom is -0.461 e. The molecule has 1 aliphatic heterocycles. The summed E-state index contributed by atoms with van der Waals surface area (Å²) < 4.78 is 13.7. The number of benzene rings is 1. The van der Waals surface area contributed by atoms with Gasteiger partial charge in [0, 0.05) is 61.9 Å². The topological polar surface area (TPSA) is 127 Å². The number of ether oxygens (including phenoxy) is 2. The fraction of sp³-hybridized carbons (Fsp3) is 0.484. The van der Waals surface area contributed by atoms with Crippen LogP contribution in [0.2, 0.25) is 0 Å². The van der Waals surface area contributed by atoms with E-state index >= 15 is 0 Å². The normalized spacial score (nSPS) is 17.3. The standard InChI is InChI=1S/C31H38N6O4/c1-20-12-23(16-34-30(20)38)29-36-26-13-22(6-7-28(26)37(29)18-21-8-10-40-11-9-21)15-33-27(14-24-17-32-19-35-24)31(39)41-25-4-2-3-5-25/h6-7,12-13,16-17,19,21,25,27,33H,2-5,8-11,14-15,18H2,1H3,(H,32,35)(H,34,38)/t27-/m0/s1. The monoisotopic (exact) mass is 558 g/mol. The highest BCUT2D eigenvalue weighted by Crippen LogP contribution is 2.29. The second-order valence-electron chi connectivity index (χ2n) is 11.4. The number of esters is 1. The lowest BCUT2D eigenvalue weighted by atomic mass is 10.00. The van der Waals surface area contributed by atoms with Crippen LogP contribution in [0.5, 0.6) is 0 Å². The molecular weight excluding hydrogens is 520 g/mol. The molecule has 0 unspecified atom stereocenters. The van der Waals surface area contributed by atoms with E-state index in [2.05, 4.69) is 43.0 Å². The van der Waals surface area contributed by atoms with E-state index in [4.69, 9.17) is 14.5 Å². The number of hydrogen-bond donors (Lipinski definition) is 3. The predicted molar refractivity (Wildman–Crippen MR) is 155 cm³/mol. The Hall–Kier alpha value is -3.76. The Morgan fingerprint density at radius 1 is 1.17 bits per heavy atom. The number of nitrogens with zero attached hydrogens (tertiary/aromatic N) is 3. The fourth-order valence-electron chi connectivity index (χ4n) is 5.95. The molecule has 0 spiro atoms. The average Bonchev–Trinajstić information content (AvgIpc) is 3.75. The van der Waals surface area contributed by atoms with Crippen molar-refractivity contribution in [2.75, 3.05) is 13.2 Å². The molecule has 1 saturated heterocycles. The highest BCUT2D eigenvalue weighted by molar-refractivity contribution is 5.81. The molecule has 41 heavy (non-hydrogen) atoms. The van der Waals surface area contributed by atoms with Crippen LogP contribution in [0.4, 0.5) is 0 Å². The molecule has 1 saturated carbocycles. The van der Waals surface area contributed by atoms with E-state index in [-0.39, 0.29) is 17.6 Å². The van der Waals surface area contributed by atoms with E-state index in [9.17, 15) is 9.59 Å². The number of H-pyrrole nitrogens is 2. The Labute approximate surface area is 238 Å². The summed E-state index contributed by atoms with van der Waals surface area (Å²) in [7, 11) is 0. The first kappa shape index (κ1) is 27.4. The Morgan fingerprint density at radius 2 is 2.00 bits per heavy atom. The molecule has 2 fully saturated rings. The predicted octanol–water partition coefficient (Wildman–Crippen LogP) is 4.04. The van der Waals surface area contributed by atoms with Gasteiger partial charge in [-0.1, -0.05) is 6.07 Å². The van der Waals surface area contributed by atoms with Crippen molar-refractivity contribution in [3.63, 3.8) is 0 Å². The van der Waals surface area contributed by atoms with Gasteiger partial charge in [0.05, 0.1) is 17.4 Å². The van der Waals surface area contributed by atoms with Gasteiger partial charge in [-0.2, -0.15) is 0 Å². The molecule has 10 heteroatoms. The first-order valence-corrected chi connectivity index (χ1v) is 14.7. The number of aromatic amines is 2. The minimum absolute atomic E-state index is 0.0135. The number of aromatic nitrogens is 5. The molecule has 4 heterocycles. The van der Waals surface area contributed by atoms with Crippen molar-refractivity contribution in [3.8, 4) is 11.4 Å². The lowest BCUT2D eigenvalue weighted by molar-refractivity contribution is -0.151. The number of nitrogens with one attached hydrogen (secondary N) is 3. The molecule has 4 aromatic rings. The summed E-state index contributed by atoms with van der Waals surface area (Å²) >= 11 is 0. The van der Waals surface area contributed by atoms with Gasteiger partial charge in [0.15, 0.2) is 0 Å². The number of pyridine rings is 1. The third kappa shape index (κ3) is 6.44. The summed E-state index contributed by atoms with van der Waals surface area (Å²) in [6.45, 7) is 4.71. The first-order valence-electron chi connectivity index (χ1n) is 14.7. The molecule has 0 bridgehead atoms. The van der Waals surface area contributed by atoms with E-state index in [0.717, 1.165) is 92.0 Å². The number of fused-ring (bicyclic) bond motifs is 1. The van der Waals surface area contributed by atoms with Crippen molar-refractivity contribution in [3.05, 3.63) is 70.2 Å². The molecule has 3 N–H and O–H groups in total. The number of imidazole rings is 2. The Kier molecular flexibility index (Phi) is 8.29. The van der Waals surface area contributed by atoms with Crippen LogP contribution >= 0.6 is 0 Å². The van der Waals surface area contributed by atoms with Crippen LogP contribution in [0.3, 0.4) is 0 Å². The lowest BCUT2D eigenvalue weighted by Crippen LogP contribution is -2.40. The van der Waals surface area contributed by atoms with Crippen LogP contribution in [-0.4, -0.2) is 55.8 Å². The van der Waals surface area contributed by atoms with Crippen LogP contribution in [-0.2, 0) is 33.8 Å². The van der Waals surface area contributed by atoms with Gasteiger partial charge in [-0.15, -0.1) is 0 Å². The minimum atomic E-state index is -0.488. The molecule has 1 aliphatic carbocycles. The fourth-order valence-corrected chi connectivity index (χ4v) is 5.95. The highest BCUT2D eigenvalue weighted by atomic mass is 16.5. The smallest absolute Gasteiger partial charge is 0.323 e. The van der Waals surface area contributed by atoms with Gasteiger partial charge in [0.2, 0.25) is 0 Å². The van der Waals surface area contributed by atoms with E-state index in [1.807, 2.05) is 13.0 Å². The van der Waals surface area contributed by atoms with Crippen molar-refractivity contribution in [1.29, 1.82) is 0 Å². The Bertz CT molecular complexity index is 1530. The molecule has 10 nitrogen and oxygen atoms in total. The quantitative estimate of drug-likeness (QED) is 0.251. The Balaban J connectivity index is 1.25. The van der Waals surface area contributed by atoms with Crippen LogP contribution < -0.4 is 10.9 Å². The van der Waals surface area contributed by atoms with Crippen LogP contribution in [0.15, 0.2) is 47.8 Å². The number of aryl methyl sites for hydroxylation is 1. The number of rotatable bonds is 10. The van der Waals surface area contributed by atoms with Gasteiger partial charge < -0.3 is 24.0 Å². The molecule has 0 radical (unpaired) electrons. The molecule has 3 aromatic heterocycles. The maximum atomic E-state index is 13.1. The van der Waals surface area contributed by atoms with E-state index < -0.39 is 6.04 Å². The van der Waals surface area contributed by atoms with Gasteiger partial charge >= 0.3 is 5.97 Å². The third-order valence-corrected chi connectivity index (χ3v) is 8.34. The summed E-state index contributed by atoms with van der Waals surface area (Å²) in [6.07, 6.45) is 11.7. The summed E-state index contributed by atoms with van der Waals surface area (Å²) in [5, 5.41) is 3.43. The second-order valence-corrected chi connectivity index (χ2v) is 11.4. The zero-order valence-electron chi connectivity index (χ0n) is 23.5. The molecule has 216 valence electrons. The molecular formula is C31H38N6O4. The number of hydrogen-bond acceptors (Lipinski definition) is 7. The average molecular weight is 559 g/mol. The van der Waals surface area contributed by atoms with Crippen molar-refractivity contribution < 1.29 is 14.3 Å². The Morgan fingerprint density at radius 3 is 2.76 bits per heavy atom. The van der Waals surface area contributed by atoms with Gasteiger partial charge in [0.1, 0.15) is 18.0 Å². The summed E-state index contributed by atoms with van der Waals surface area (Å²) in [5.41, 5.74) is 5.30. The summed E-state index contributed by atoms with van der Waals surface area (Å²) in [5.74, 6) is 1.12. The van der Waals surface area contributed by atoms with E-state index in [0.29, 0.717) is 24.4 Å². The second kappa shape index (κ2) is 12.4. The van der Waals surface area contributed by atoms with Crippen LogP contribution in [0, 0.1) is 12.8 Å². The third-order valence-electron chi connectivity index (χ3n) is 8.34. The summed E-state index contributed by atoms with van der Waals surface area (Å²) in [6, 6.07) is 7.70. The van der Waals surface area contributed by atoms with E-state index in [1.165, 1.54) is 0 Å².